The largest absolute Gasteiger partial charge is 0.273 e. The molecule has 1 N–H and O–H groups in total. The van der Waals surface area contributed by atoms with Crippen LogP contribution in [-0.4, -0.2) is 11.6 Å². The van der Waals surface area contributed by atoms with Gasteiger partial charge in [-0.15, -0.1) is 0 Å². The quantitative estimate of drug-likeness (QED) is 0.662. The third kappa shape index (κ3) is 2.95. The fraction of sp³-hybridized carbons (Fsp3) is 0.429. The highest BCUT2D eigenvalue weighted by atomic mass is 16.2. The minimum absolute atomic E-state index is 0.0335. The number of nitrogens with one attached hydrogen (secondary N) is 1. The van der Waals surface area contributed by atoms with Gasteiger partial charge in [0.1, 0.15) is 0 Å². The average molecular weight is 320 g/mol. The predicted octanol–water partition coefficient (Wildman–Crippen LogP) is 4.31. The zero-order chi connectivity index (χ0) is 16.5. The molecular formula is C21H24N2O. The average Bonchev–Trinajstić information content (AvgIpc) is 3.23. The number of nitrogens with zero attached hydrogens (tertiary/aromatic N) is 1. The second kappa shape index (κ2) is 6.39. The molecule has 0 heterocycles. The summed E-state index contributed by atoms with van der Waals surface area (Å²) in [4.78, 5) is 12.3. The Morgan fingerprint density at radius 1 is 1.12 bits per heavy atom. The Balaban J connectivity index is 1.42. The van der Waals surface area contributed by atoms with Gasteiger partial charge in [-0.1, -0.05) is 48.9 Å². The molecule has 2 aliphatic carbocycles. The van der Waals surface area contributed by atoms with E-state index in [0.717, 1.165) is 28.5 Å². The molecule has 24 heavy (non-hydrogen) atoms. The minimum atomic E-state index is -0.0335. The van der Waals surface area contributed by atoms with Crippen LogP contribution in [0.4, 0.5) is 0 Å². The van der Waals surface area contributed by atoms with E-state index >= 15 is 0 Å². The first-order chi connectivity index (χ1) is 11.7. The van der Waals surface area contributed by atoms with E-state index in [1.165, 1.54) is 31.1 Å². The highest BCUT2D eigenvalue weighted by molar-refractivity contribution is 5.91. The first-order valence-electron chi connectivity index (χ1n) is 9.00. The van der Waals surface area contributed by atoms with Crippen molar-refractivity contribution in [1.82, 2.24) is 5.43 Å². The number of carbonyl (C=O) groups is 1. The Morgan fingerprint density at radius 2 is 1.96 bits per heavy atom. The molecule has 2 aromatic rings. The molecule has 2 saturated carbocycles. The van der Waals surface area contributed by atoms with E-state index in [9.17, 15) is 4.79 Å². The monoisotopic (exact) mass is 320 g/mol. The molecule has 2 aliphatic rings. The van der Waals surface area contributed by atoms with Gasteiger partial charge in [-0.2, -0.15) is 5.10 Å². The van der Waals surface area contributed by atoms with Crippen LogP contribution in [0.3, 0.4) is 0 Å². The van der Waals surface area contributed by atoms with Gasteiger partial charge in [0.2, 0.25) is 5.91 Å². The third-order valence-electron chi connectivity index (χ3n) is 5.86. The molecule has 3 heteroatoms. The summed E-state index contributed by atoms with van der Waals surface area (Å²) in [5, 5.41) is 6.73. The number of rotatable bonds is 4. The van der Waals surface area contributed by atoms with Crippen molar-refractivity contribution >= 4 is 22.4 Å². The number of hydrogen-bond acceptors (Lipinski definition) is 2. The van der Waals surface area contributed by atoms with Crippen molar-refractivity contribution < 1.29 is 4.79 Å². The van der Waals surface area contributed by atoms with Gasteiger partial charge in [0, 0.05) is 11.6 Å². The molecule has 0 radical (unpaired) electrons. The molecule has 0 aromatic heterocycles. The van der Waals surface area contributed by atoms with Gasteiger partial charge >= 0.3 is 0 Å². The maximum absolute atomic E-state index is 12.3. The predicted molar refractivity (Wildman–Crippen MR) is 97.8 cm³/mol. The Labute approximate surface area is 143 Å². The van der Waals surface area contributed by atoms with E-state index in [4.69, 9.17) is 0 Å². The van der Waals surface area contributed by atoms with Crippen molar-refractivity contribution in [3.63, 3.8) is 0 Å². The summed E-state index contributed by atoms with van der Waals surface area (Å²) in [6, 6.07) is 14.3. The molecular weight excluding hydrogens is 296 g/mol. The molecule has 1 amide bonds. The third-order valence-corrected chi connectivity index (χ3v) is 5.86. The van der Waals surface area contributed by atoms with E-state index in [-0.39, 0.29) is 5.91 Å². The standard InChI is InChI=1S/C21H24N2O/c1-14(20-12-15-9-10-18(20)11-15)22-23-21(24)13-17-7-4-6-16-5-2-3-8-19(16)17/h2-8,15,18,20H,9-13H2,1H3,(H,23,24)/b22-14+. The van der Waals surface area contributed by atoms with Crippen LogP contribution in [0.1, 0.15) is 38.2 Å². The zero-order valence-corrected chi connectivity index (χ0v) is 14.2. The number of fused-ring (bicyclic) bond motifs is 3. The summed E-state index contributed by atoms with van der Waals surface area (Å²) in [5.74, 6) is 2.25. The molecule has 4 rings (SSSR count). The topological polar surface area (TPSA) is 41.5 Å². The van der Waals surface area contributed by atoms with Gasteiger partial charge in [-0.05, 0) is 54.4 Å². The van der Waals surface area contributed by atoms with Crippen LogP contribution in [0.5, 0.6) is 0 Å². The van der Waals surface area contributed by atoms with Gasteiger partial charge in [-0.3, -0.25) is 4.79 Å². The highest BCUT2D eigenvalue weighted by Gasteiger charge is 2.40. The Hall–Kier alpha value is -2.16. The summed E-state index contributed by atoms with van der Waals surface area (Å²) in [6.45, 7) is 2.07. The van der Waals surface area contributed by atoms with Gasteiger partial charge in [-0.25, -0.2) is 5.43 Å². The van der Waals surface area contributed by atoms with Crippen molar-refractivity contribution in [3.05, 3.63) is 48.0 Å². The van der Waals surface area contributed by atoms with Crippen molar-refractivity contribution in [3.8, 4) is 0 Å². The number of hydrogen-bond donors (Lipinski definition) is 1. The fourth-order valence-corrected chi connectivity index (χ4v) is 4.65. The minimum Gasteiger partial charge on any atom is -0.273 e. The fourth-order valence-electron chi connectivity index (χ4n) is 4.65. The SMILES string of the molecule is C/C(=N\NC(=O)Cc1cccc2ccccc12)C1CC2CCC1C2. The van der Waals surface area contributed by atoms with Crippen LogP contribution >= 0.6 is 0 Å². The summed E-state index contributed by atoms with van der Waals surface area (Å²) in [5.41, 5.74) is 4.94. The number of hydrazone groups is 1. The highest BCUT2D eigenvalue weighted by Crippen LogP contribution is 2.48. The lowest BCUT2D eigenvalue weighted by Gasteiger charge is -2.21. The summed E-state index contributed by atoms with van der Waals surface area (Å²) in [7, 11) is 0. The van der Waals surface area contributed by atoms with Gasteiger partial charge in [0.05, 0.1) is 6.42 Å². The molecule has 0 spiro atoms. The normalized spacial score (nSPS) is 26.0. The maximum atomic E-state index is 12.3. The molecule has 0 saturated heterocycles. The molecule has 2 aromatic carbocycles. The lowest BCUT2D eigenvalue weighted by atomic mass is 9.86. The number of amides is 1. The van der Waals surface area contributed by atoms with Crippen LogP contribution in [0.15, 0.2) is 47.6 Å². The van der Waals surface area contributed by atoms with Crippen molar-refractivity contribution in [1.29, 1.82) is 0 Å². The van der Waals surface area contributed by atoms with Crippen molar-refractivity contribution in [2.75, 3.05) is 0 Å². The van der Waals surface area contributed by atoms with Crippen LogP contribution < -0.4 is 5.43 Å². The maximum Gasteiger partial charge on any atom is 0.244 e. The summed E-state index contributed by atoms with van der Waals surface area (Å²) in [6.07, 6.45) is 5.73. The van der Waals surface area contributed by atoms with Crippen LogP contribution in [0.2, 0.25) is 0 Å². The molecule has 124 valence electrons. The van der Waals surface area contributed by atoms with Crippen molar-refractivity contribution in [2.24, 2.45) is 22.9 Å². The first kappa shape index (κ1) is 15.4. The Bertz CT molecular complexity index is 790. The number of carbonyl (C=O) groups excluding carboxylic acids is 1. The van der Waals surface area contributed by atoms with Crippen LogP contribution in [-0.2, 0) is 11.2 Å². The van der Waals surface area contributed by atoms with Gasteiger partial charge in [0.25, 0.3) is 0 Å². The van der Waals surface area contributed by atoms with E-state index in [1.54, 1.807) is 0 Å². The summed E-state index contributed by atoms with van der Waals surface area (Å²) < 4.78 is 0. The van der Waals surface area contributed by atoms with E-state index < -0.39 is 0 Å². The molecule has 3 nitrogen and oxygen atoms in total. The molecule has 0 aliphatic heterocycles. The zero-order valence-electron chi connectivity index (χ0n) is 14.2. The van der Waals surface area contributed by atoms with E-state index in [2.05, 4.69) is 35.7 Å². The first-order valence-corrected chi connectivity index (χ1v) is 9.00. The van der Waals surface area contributed by atoms with Gasteiger partial charge < -0.3 is 0 Å². The second-order valence-electron chi connectivity index (χ2n) is 7.38. The van der Waals surface area contributed by atoms with E-state index in [1.807, 2.05) is 24.3 Å². The lowest BCUT2D eigenvalue weighted by Crippen LogP contribution is -2.25. The lowest BCUT2D eigenvalue weighted by molar-refractivity contribution is -0.120. The Kier molecular flexibility index (Phi) is 4.09. The van der Waals surface area contributed by atoms with E-state index in [0.29, 0.717) is 12.3 Å². The van der Waals surface area contributed by atoms with Crippen LogP contribution in [0, 0.1) is 17.8 Å². The molecule has 2 fully saturated rings. The smallest absolute Gasteiger partial charge is 0.244 e. The molecule has 3 unspecified atom stereocenters. The molecule has 2 bridgehead atoms. The van der Waals surface area contributed by atoms with Gasteiger partial charge in [0.15, 0.2) is 0 Å². The van der Waals surface area contributed by atoms with Crippen LogP contribution in [0.25, 0.3) is 10.8 Å². The summed E-state index contributed by atoms with van der Waals surface area (Å²) >= 11 is 0. The molecule has 3 atom stereocenters. The Morgan fingerprint density at radius 3 is 2.75 bits per heavy atom. The second-order valence-corrected chi connectivity index (χ2v) is 7.38. The van der Waals surface area contributed by atoms with Crippen molar-refractivity contribution in [2.45, 2.75) is 39.0 Å². The number of benzene rings is 2.